The van der Waals surface area contributed by atoms with Gasteiger partial charge < -0.3 is 15.1 Å². The van der Waals surface area contributed by atoms with Crippen molar-refractivity contribution in [3.63, 3.8) is 0 Å². The molecule has 0 saturated carbocycles. The molecule has 2 aromatic rings. The Balaban J connectivity index is 1.75. The molecule has 1 aromatic carbocycles. The molecular formula is C29H38N4O5S. The van der Waals surface area contributed by atoms with Crippen LogP contribution in [-0.4, -0.2) is 78.6 Å². The summed E-state index contributed by atoms with van der Waals surface area (Å²) in [4.78, 5) is 49.2. The number of nitrogens with one attached hydrogen (secondary N) is 1. The Kier molecular flexibility index (Phi) is 8.44. The number of pyridine rings is 1. The van der Waals surface area contributed by atoms with E-state index in [-0.39, 0.29) is 35.9 Å². The van der Waals surface area contributed by atoms with Crippen LogP contribution in [0.4, 0.5) is 0 Å². The van der Waals surface area contributed by atoms with E-state index >= 15 is 0 Å². The molecule has 2 heterocycles. The molecule has 1 aliphatic heterocycles. The number of hydrogen-bond acceptors (Lipinski definition) is 6. The summed E-state index contributed by atoms with van der Waals surface area (Å²) < 4.78 is 23.6. The minimum atomic E-state index is -3.32. The number of hydrogen-bond donors (Lipinski definition) is 1. The Morgan fingerprint density at radius 3 is 2.31 bits per heavy atom. The van der Waals surface area contributed by atoms with Gasteiger partial charge in [-0.3, -0.25) is 19.4 Å². The molecule has 0 spiro atoms. The van der Waals surface area contributed by atoms with Crippen LogP contribution in [0.1, 0.15) is 48.7 Å². The van der Waals surface area contributed by atoms with Gasteiger partial charge >= 0.3 is 0 Å². The third-order valence-corrected chi connectivity index (χ3v) is 8.57. The molecule has 1 fully saturated rings. The molecule has 9 nitrogen and oxygen atoms in total. The molecule has 10 heteroatoms. The van der Waals surface area contributed by atoms with Crippen molar-refractivity contribution in [2.75, 3.05) is 25.6 Å². The third kappa shape index (κ3) is 6.49. The molecule has 39 heavy (non-hydrogen) atoms. The van der Waals surface area contributed by atoms with Crippen molar-refractivity contribution in [2.45, 2.75) is 58.2 Å². The van der Waals surface area contributed by atoms with E-state index in [1.165, 1.54) is 16.8 Å². The maximum absolute atomic E-state index is 14.4. The fraction of sp³-hybridized carbons (Fsp3) is 0.517. The van der Waals surface area contributed by atoms with Crippen molar-refractivity contribution < 1.29 is 22.8 Å². The van der Waals surface area contributed by atoms with Gasteiger partial charge in [0.25, 0.3) is 0 Å². The van der Waals surface area contributed by atoms with Crippen molar-refractivity contribution in [3.8, 4) is 0 Å². The monoisotopic (exact) mass is 554 g/mol. The zero-order valence-corrected chi connectivity index (χ0v) is 24.1. The summed E-state index contributed by atoms with van der Waals surface area (Å²) in [5, 5.41) is 3.01. The number of carbonyl (C=O) groups excluding carboxylic acids is 3. The van der Waals surface area contributed by atoms with Crippen molar-refractivity contribution in [2.24, 2.45) is 11.8 Å². The average molecular weight is 555 g/mol. The number of benzene rings is 1. The zero-order valence-electron chi connectivity index (χ0n) is 23.3. The van der Waals surface area contributed by atoms with Crippen LogP contribution in [0.5, 0.6) is 0 Å². The molecule has 210 valence electrons. The van der Waals surface area contributed by atoms with E-state index in [4.69, 9.17) is 0 Å². The van der Waals surface area contributed by atoms with Gasteiger partial charge in [0.1, 0.15) is 28.0 Å². The fourth-order valence-electron chi connectivity index (χ4n) is 5.56. The van der Waals surface area contributed by atoms with Crippen LogP contribution in [0.15, 0.2) is 42.6 Å². The summed E-state index contributed by atoms with van der Waals surface area (Å²) >= 11 is 0. The molecule has 2 aliphatic rings. The van der Waals surface area contributed by atoms with Gasteiger partial charge in [-0.15, -0.1) is 0 Å². The highest BCUT2D eigenvalue weighted by Crippen LogP contribution is 2.35. The highest BCUT2D eigenvalue weighted by atomic mass is 32.2. The van der Waals surface area contributed by atoms with E-state index in [1.807, 2.05) is 45.0 Å². The van der Waals surface area contributed by atoms with Crippen LogP contribution in [-0.2, 0) is 37.1 Å². The molecule has 3 atom stereocenters. The topological polar surface area (TPSA) is 117 Å². The first-order valence-corrected chi connectivity index (χ1v) is 15.5. The summed E-state index contributed by atoms with van der Waals surface area (Å²) in [6.07, 6.45) is 4.39. The standard InChI is InChI=1S/C29H38N4O5S/c1-18(2)14-24-27(34)31-25(23-15-20-8-6-7-9-21(20)16-23)28(35)33(24)26(22-11-10-19(3)30-17-22)29(36)32(4)12-13-39(5,37)38/h6-11,17-18,23-26H,12-16H2,1-5H3,(H,31,34)/t24-,25-,26-/m1/s1. The normalized spacial score (nSPS) is 20.6. The lowest BCUT2D eigenvalue weighted by Crippen LogP contribution is -2.67. The number of carbonyl (C=O) groups is 3. The molecule has 4 rings (SSSR count). The predicted octanol–water partition coefficient (Wildman–Crippen LogP) is 2.09. The van der Waals surface area contributed by atoms with E-state index in [9.17, 15) is 22.8 Å². The molecule has 3 amide bonds. The molecule has 0 bridgehead atoms. The number of aryl methyl sites for hydroxylation is 1. The Bertz CT molecular complexity index is 1320. The Labute approximate surface area is 230 Å². The summed E-state index contributed by atoms with van der Waals surface area (Å²) in [7, 11) is -1.79. The Morgan fingerprint density at radius 2 is 1.77 bits per heavy atom. The van der Waals surface area contributed by atoms with Crippen LogP contribution in [0.2, 0.25) is 0 Å². The zero-order chi connectivity index (χ0) is 28.5. The highest BCUT2D eigenvalue weighted by molar-refractivity contribution is 7.90. The Morgan fingerprint density at radius 1 is 1.13 bits per heavy atom. The summed E-state index contributed by atoms with van der Waals surface area (Å²) in [6, 6.07) is 8.81. The third-order valence-electron chi connectivity index (χ3n) is 7.64. The fourth-order valence-corrected chi connectivity index (χ4v) is 6.16. The van der Waals surface area contributed by atoms with E-state index in [0.717, 1.165) is 23.1 Å². The number of aromatic nitrogens is 1. The van der Waals surface area contributed by atoms with E-state index in [0.29, 0.717) is 24.8 Å². The second-order valence-corrected chi connectivity index (χ2v) is 13.6. The van der Waals surface area contributed by atoms with Crippen molar-refractivity contribution >= 4 is 27.6 Å². The van der Waals surface area contributed by atoms with Gasteiger partial charge in [0.15, 0.2) is 0 Å². The first-order valence-electron chi connectivity index (χ1n) is 13.4. The number of likely N-dealkylation sites (N-methyl/N-ethyl adjacent to an activating group) is 1. The second kappa shape index (κ2) is 11.5. The number of amides is 3. The van der Waals surface area contributed by atoms with Gasteiger partial charge in [0.2, 0.25) is 17.7 Å². The SMILES string of the molecule is Cc1ccc([C@H](C(=O)N(C)CCS(C)(=O)=O)N2C(=O)[C@@H](C3Cc4ccccc4C3)NC(=O)[C@H]2CC(C)C)cn1. The lowest BCUT2D eigenvalue weighted by atomic mass is 9.88. The van der Waals surface area contributed by atoms with Gasteiger partial charge in [-0.1, -0.05) is 44.2 Å². The van der Waals surface area contributed by atoms with Crippen LogP contribution in [0, 0.1) is 18.8 Å². The molecular weight excluding hydrogens is 516 g/mol. The van der Waals surface area contributed by atoms with E-state index < -0.39 is 33.9 Å². The Hall–Kier alpha value is -3.27. The van der Waals surface area contributed by atoms with Crippen LogP contribution >= 0.6 is 0 Å². The smallest absolute Gasteiger partial charge is 0.249 e. The summed E-state index contributed by atoms with van der Waals surface area (Å²) in [5.41, 5.74) is 3.56. The van der Waals surface area contributed by atoms with Gasteiger partial charge in [-0.25, -0.2) is 8.42 Å². The molecule has 1 aromatic heterocycles. The number of piperazine rings is 1. The summed E-state index contributed by atoms with van der Waals surface area (Å²) in [5.74, 6) is -1.28. The lowest BCUT2D eigenvalue weighted by molar-refractivity contribution is -0.160. The molecule has 1 saturated heterocycles. The van der Waals surface area contributed by atoms with Crippen LogP contribution in [0.3, 0.4) is 0 Å². The molecule has 1 aliphatic carbocycles. The number of nitrogens with zero attached hydrogens (tertiary/aromatic N) is 3. The quantitative estimate of drug-likeness (QED) is 0.507. The number of rotatable bonds is 9. The van der Waals surface area contributed by atoms with Crippen molar-refractivity contribution in [3.05, 3.63) is 65.0 Å². The summed E-state index contributed by atoms with van der Waals surface area (Å²) in [6.45, 7) is 5.74. The minimum absolute atomic E-state index is 0.0299. The van der Waals surface area contributed by atoms with Crippen LogP contribution < -0.4 is 5.32 Å². The first-order chi connectivity index (χ1) is 18.4. The maximum atomic E-state index is 14.4. The average Bonchev–Trinajstić information content (AvgIpc) is 3.30. The number of fused-ring (bicyclic) bond motifs is 1. The second-order valence-electron chi connectivity index (χ2n) is 11.3. The maximum Gasteiger partial charge on any atom is 0.249 e. The van der Waals surface area contributed by atoms with Gasteiger partial charge in [-0.2, -0.15) is 0 Å². The van der Waals surface area contributed by atoms with Crippen molar-refractivity contribution in [1.29, 1.82) is 0 Å². The first kappa shape index (κ1) is 28.7. The van der Waals surface area contributed by atoms with Gasteiger partial charge in [0, 0.05) is 37.3 Å². The van der Waals surface area contributed by atoms with E-state index in [2.05, 4.69) is 10.3 Å². The molecule has 0 radical (unpaired) electrons. The highest BCUT2D eigenvalue weighted by Gasteiger charge is 2.50. The van der Waals surface area contributed by atoms with Gasteiger partial charge in [-0.05, 0) is 55.2 Å². The van der Waals surface area contributed by atoms with E-state index in [1.54, 1.807) is 18.3 Å². The number of sulfone groups is 1. The predicted molar refractivity (Wildman–Crippen MR) is 148 cm³/mol. The lowest BCUT2D eigenvalue weighted by Gasteiger charge is -2.45. The van der Waals surface area contributed by atoms with Gasteiger partial charge in [0.05, 0.1) is 5.75 Å². The minimum Gasteiger partial charge on any atom is -0.343 e. The largest absolute Gasteiger partial charge is 0.343 e. The van der Waals surface area contributed by atoms with Crippen molar-refractivity contribution in [1.82, 2.24) is 20.1 Å². The van der Waals surface area contributed by atoms with Crippen LogP contribution in [0.25, 0.3) is 0 Å². The molecule has 0 unspecified atom stereocenters. The molecule has 1 N–H and O–H groups in total.